The number of methoxy groups -OCH3 is 1. The van der Waals surface area contributed by atoms with Crippen LogP contribution in [0.4, 0.5) is 0 Å². The van der Waals surface area contributed by atoms with Crippen LogP contribution in [0.5, 0.6) is 11.5 Å². The van der Waals surface area contributed by atoms with E-state index < -0.39 is 18.0 Å². The summed E-state index contributed by atoms with van der Waals surface area (Å²) in [4.78, 5) is 28.8. The molecule has 0 spiro atoms. The van der Waals surface area contributed by atoms with E-state index in [4.69, 9.17) is 21.1 Å². The number of rotatable bonds is 13. The maximum atomic E-state index is 14.4. The number of halogens is 1. The van der Waals surface area contributed by atoms with E-state index in [1.807, 2.05) is 152 Å². The fourth-order valence-electron chi connectivity index (χ4n) is 5.98. The molecule has 6 aromatic carbocycles. The van der Waals surface area contributed by atoms with Crippen molar-refractivity contribution in [3.8, 4) is 11.5 Å². The minimum absolute atomic E-state index is 0.234. The van der Waals surface area contributed by atoms with E-state index in [-0.39, 0.29) is 18.4 Å². The van der Waals surface area contributed by atoms with Gasteiger partial charge in [-0.05, 0) is 46.0 Å². The summed E-state index contributed by atoms with van der Waals surface area (Å²) in [7, 11) is 1.55. The molecule has 0 unspecified atom stereocenters. The van der Waals surface area contributed by atoms with Crippen molar-refractivity contribution in [3.63, 3.8) is 0 Å². The third-order valence-electron chi connectivity index (χ3n) is 8.49. The maximum Gasteiger partial charge on any atom is 0.233 e. The molecule has 6 rings (SSSR count). The van der Waals surface area contributed by atoms with Crippen LogP contribution in [-0.2, 0) is 16.2 Å². The van der Waals surface area contributed by atoms with Gasteiger partial charge in [-0.1, -0.05) is 157 Å². The largest absolute Gasteiger partial charge is 0.493 e. The number of ether oxygens (including phenoxy) is 2. The molecule has 0 saturated heterocycles. The van der Waals surface area contributed by atoms with Crippen LogP contribution in [0.3, 0.4) is 0 Å². The van der Waals surface area contributed by atoms with E-state index in [9.17, 15) is 9.59 Å². The maximum absolute atomic E-state index is 14.4. The Labute approximate surface area is 297 Å². The molecule has 7 heteroatoms. The Hall–Kier alpha value is -5.85. The van der Waals surface area contributed by atoms with Crippen LogP contribution in [0, 0.1) is 0 Å². The molecule has 0 aromatic heterocycles. The molecule has 250 valence electrons. The Morgan fingerprint density at radius 2 is 0.960 bits per heavy atom. The summed E-state index contributed by atoms with van der Waals surface area (Å²) < 4.78 is 11.9. The highest BCUT2D eigenvalue weighted by atomic mass is 35.5. The molecule has 50 heavy (non-hydrogen) atoms. The topological polar surface area (TPSA) is 76.7 Å². The van der Waals surface area contributed by atoms with Crippen molar-refractivity contribution in [2.24, 2.45) is 0 Å². The van der Waals surface area contributed by atoms with Crippen LogP contribution < -0.4 is 20.1 Å². The first-order valence-electron chi connectivity index (χ1n) is 16.4. The molecule has 0 aliphatic heterocycles. The second-order valence-electron chi connectivity index (χ2n) is 11.7. The lowest BCUT2D eigenvalue weighted by atomic mass is 9.89. The Kier molecular flexibility index (Phi) is 11.2. The zero-order chi connectivity index (χ0) is 34.7. The highest BCUT2D eigenvalue weighted by Gasteiger charge is 2.30. The van der Waals surface area contributed by atoms with Gasteiger partial charge in [-0.3, -0.25) is 9.59 Å². The molecule has 6 aromatic rings. The second kappa shape index (κ2) is 16.5. The van der Waals surface area contributed by atoms with Gasteiger partial charge in [0.1, 0.15) is 12.8 Å². The van der Waals surface area contributed by atoms with Gasteiger partial charge in [-0.2, -0.15) is 0 Å². The zero-order valence-electron chi connectivity index (χ0n) is 27.5. The summed E-state index contributed by atoms with van der Waals surface area (Å²) in [5.41, 5.74) is 4.75. The molecule has 0 aliphatic carbocycles. The van der Waals surface area contributed by atoms with Crippen LogP contribution in [0.15, 0.2) is 164 Å². The molecule has 6 nitrogen and oxygen atoms in total. The summed E-state index contributed by atoms with van der Waals surface area (Å²) >= 11 is 6.36. The second-order valence-corrected chi connectivity index (χ2v) is 12.2. The molecule has 0 bridgehead atoms. The summed E-state index contributed by atoms with van der Waals surface area (Å²) in [5, 5.41) is 6.94. The first kappa shape index (κ1) is 34.0. The molecule has 0 atom stereocenters. The van der Waals surface area contributed by atoms with E-state index in [1.165, 1.54) is 0 Å². The number of hydrogen-bond donors (Lipinski definition) is 2. The van der Waals surface area contributed by atoms with Gasteiger partial charge in [0.2, 0.25) is 11.8 Å². The van der Waals surface area contributed by atoms with Gasteiger partial charge in [-0.25, -0.2) is 0 Å². The lowest BCUT2D eigenvalue weighted by molar-refractivity contribution is -0.125. The fourth-order valence-corrected chi connectivity index (χ4v) is 6.17. The number of amides is 2. The molecular formula is C43H37ClN2O4. The normalized spacial score (nSPS) is 11.0. The smallest absolute Gasteiger partial charge is 0.233 e. The molecular weight excluding hydrogens is 644 g/mol. The molecule has 0 heterocycles. The van der Waals surface area contributed by atoms with Gasteiger partial charge < -0.3 is 20.1 Å². The van der Waals surface area contributed by atoms with E-state index in [0.717, 1.165) is 27.8 Å². The van der Waals surface area contributed by atoms with Gasteiger partial charge >= 0.3 is 0 Å². The SMILES string of the molecule is COc1cc(C(NC(=O)C(c2ccccc2)c2ccccc2)NC(=O)C(c2ccccc2)c2ccccc2)ccc1OCc1ccccc1Cl. The van der Waals surface area contributed by atoms with Gasteiger partial charge in [-0.15, -0.1) is 0 Å². The first-order valence-corrected chi connectivity index (χ1v) is 16.7. The van der Waals surface area contributed by atoms with Gasteiger partial charge in [0.25, 0.3) is 0 Å². The van der Waals surface area contributed by atoms with E-state index in [1.54, 1.807) is 19.2 Å². The summed E-state index contributed by atoms with van der Waals surface area (Å²) in [6.07, 6.45) is -0.925. The number of hydrogen-bond acceptors (Lipinski definition) is 4. The Morgan fingerprint density at radius 3 is 1.38 bits per heavy atom. The Morgan fingerprint density at radius 1 is 0.540 bits per heavy atom. The average Bonchev–Trinajstić information content (AvgIpc) is 3.16. The third-order valence-corrected chi connectivity index (χ3v) is 8.86. The average molecular weight is 681 g/mol. The van der Waals surface area contributed by atoms with Crippen LogP contribution in [0.1, 0.15) is 51.4 Å². The van der Waals surface area contributed by atoms with Crippen molar-refractivity contribution in [3.05, 3.63) is 202 Å². The van der Waals surface area contributed by atoms with E-state index in [0.29, 0.717) is 22.1 Å². The minimum Gasteiger partial charge on any atom is -0.493 e. The van der Waals surface area contributed by atoms with Crippen molar-refractivity contribution in [2.75, 3.05) is 7.11 Å². The Balaban J connectivity index is 1.36. The first-order chi connectivity index (χ1) is 24.5. The fraction of sp³-hybridized carbons (Fsp3) is 0.116. The summed E-state index contributed by atoms with van der Waals surface area (Å²) in [5.74, 6) is -0.880. The monoisotopic (exact) mass is 680 g/mol. The molecule has 0 aliphatic rings. The lowest BCUT2D eigenvalue weighted by Crippen LogP contribution is -2.44. The minimum atomic E-state index is -0.925. The predicted molar refractivity (Wildman–Crippen MR) is 197 cm³/mol. The van der Waals surface area contributed by atoms with Crippen LogP contribution in [0.2, 0.25) is 5.02 Å². The summed E-state index contributed by atoms with van der Waals surface area (Å²) in [6.45, 7) is 0.234. The van der Waals surface area contributed by atoms with Crippen molar-refractivity contribution in [2.45, 2.75) is 24.6 Å². The van der Waals surface area contributed by atoms with Gasteiger partial charge in [0, 0.05) is 10.6 Å². The van der Waals surface area contributed by atoms with Gasteiger partial charge in [0.15, 0.2) is 11.5 Å². The molecule has 0 fully saturated rings. The predicted octanol–water partition coefficient (Wildman–Crippen LogP) is 8.82. The molecule has 0 radical (unpaired) electrons. The molecule has 2 N–H and O–H groups in total. The molecule has 0 saturated carbocycles. The van der Waals surface area contributed by atoms with Crippen molar-refractivity contribution in [1.29, 1.82) is 0 Å². The number of carbonyl (C=O) groups is 2. The van der Waals surface area contributed by atoms with Crippen molar-refractivity contribution >= 4 is 23.4 Å². The van der Waals surface area contributed by atoms with Gasteiger partial charge in [0.05, 0.1) is 18.9 Å². The zero-order valence-corrected chi connectivity index (χ0v) is 28.3. The highest BCUT2D eigenvalue weighted by molar-refractivity contribution is 6.31. The lowest BCUT2D eigenvalue weighted by Gasteiger charge is -2.27. The van der Waals surface area contributed by atoms with Crippen molar-refractivity contribution in [1.82, 2.24) is 10.6 Å². The molecule has 2 amide bonds. The van der Waals surface area contributed by atoms with E-state index >= 15 is 0 Å². The quantitative estimate of drug-likeness (QED) is 0.120. The van der Waals surface area contributed by atoms with Crippen LogP contribution >= 0.6 is 11.6 Å². The summed E-state index contributed by atoms with van der Waals surface area (Å²) in [6, 6.07) is 51.2. The number of nitrogens with one attached hydrogen (secondary N) is 2. The van der Waals surface area contributed by atoms with Crippen molar-refractivity contribution < 1.29 is 19.1 Å². The van der Waals surface area contributed by atoms with Crippen LogP contribution in [-0.4, -0.2) is 18.9 Å². The Bertz CT molecular complexity index is 1830. The third kappa shape index (κ3) is 8.23. The highest BCUT2D eigenvalue weighted by Crippen LogP contribution is 2.33. The number of carbonyl (C=O) groups excluding carboxylic acids is 2. The standard InChI is InChI=1S/C43H37ClN2O4/c1-49-38-28-34(26-27-37(38)50-29-35-24-14-15-25-36(35)44)41(45-42(47)39(30-16-6-2-7-17-30)31-18-8-3-9-19-31)46-43(48)40(32-20-10-4-11-21-32)33-22-12-5-13-23-33/h2-28,39-41H,29H2,1H3,(H,45,47)(H,46,48). The van der Waals surface area contributed by atoms with Crippen LogP contribution in [0.25, 0.3) is 0 Å². The number of benzene rings is 6. The van der Waals surface area contributed by atoms with E-state index in [2.05, 4.69) is 10.6 Å².